The Morgan fingerprint density at radius 3 is 2.66 bits per heavy atom. The average molecular weight is 413 g/mol. The molecule has 6 nitrogen and oxygen atoms in total. The first kappa shape index (κ1) is 19.9. The summed E-state index contributed by atoms with van der Waals surface area (Å²) in [4.78, 5) is 24.6. The summed E-state index contributed by atoms with van der Waals surface area (Å²) in [5.41, 5.74) is 1.81. The van der Waals surface area contributed by atoms with E-state index >= 15 is 0 Å². The van der Waals surface area contributed by atoms with Crippen molar-refractivity contribution in [2.24, 2.45) is 0 Å². The summed E-state index contributed by atoms with van der Waals surface area (Å²) in [5.74, 6) is 1.63. The van der Waals surface area contributed by atoms with E-state index in [0.717, 1.165) is 73.4 Å². The van der Waals surface area contributed by atoms with Gasteiger partial charge < -0.3 is 14.6 Å². The number of piperazine rings is 1. The summed E-state index contributed by atoms with van der Waals surface area (Å²) < 4.78 is 5.46. The van der Waals surface area contributed by atoms with E-state index in [9.17, 15) is 4.79 Å². The highest BCUT2D eigenvalue weighted by Crippen LogP contribution is 2.24. The maximum Gasteiger partial charge on any atom is 0.258 e. The highest BCUT2D eigenvalue weighted by molar-refractivity contribution is 6.30. The van der Waals surface area contributed by atoms with Gasteiger partial charge in [-0.3, -0.25) is 9.69 Å². The molecule has 1 saturated heterocycles. The molecule has 1 aromatic heterocycles. The molecule has 0 saturated carbocycles. The van der Waals surface area contributed by atoms with Crippen molar-refractivity contribution in [3.05, 3.63) is 69.2 Å². The first-order valence-electron chi connectivity index (χ1n) is 9.87. The van der Waals surface area contributed by atoms with Crippen molar-refractivity contribution >= 4 is 22.5 Å². The number of ether oxygens (including phenoxy) is 1. The number of para-hydroxylation sites is 1. The zero-order chi connectivity index (χ0) is 20.2. The van der Waals surface area contributed by atoms with Crippen LogP contribution in [0.4, 0.5) is 0 Å². The van der Waals surface area contributed by atoms with E-state index in [2.05, 4.69) is 19.8 Å². The smallest absolute Gasteiger partial charge is 0.258 e. The number of aromatic nitrogens is 2. The van der Waals surface area contributed by atoms with Crippen LogP contribution in [0.3, 0.4) is 0 Å². The number of halogens is 1. The number of aromatic amines is 1. The second-order valence-electron chi connectivity index (χ2n) is 7.35. The Hall–Kier alpha value is -2.41. The van der Waals surface area contributed by atoms with Crippen LogP contribution in [0.1, 0.15) is 11.4 Å². The largest absolute Gasteiger partial charge is 0.496 e. The quantitative estimate of drug-likeness (QED) is 0.674. The van der Waals surface area contributed by atoms with Gasteiger partial charge in [0, 0.05) is 56.3 Å². The summed E-state index contributed by atoms with van der Waals surface area (Å²) in [5, 5.41) is 1.37. The lowest BCUT2D eigenvalue weighted by atomic mass is 10.1. The normalized spacial score (nSPS) is 15.7. The Morgan fingerprint density at radius 1 is 1.10 bits per heavy atom. The first-order valence-corrected chi connectivity index (χ1v) is 10.3. The van der Waals surface area contributed by atoms with E-state index in [4.69, 9.17) is 16.3 Å². The van der Waals surface area contributed by atoms with Gasteiger partial charge in [-0.2, -0.15) is 0 Å². The zero-order valence-corrected chi connectivity index (χ0v) is 17.3. The molecule has 1 N–H and O–H groups in total. The van der Waals surface area contributed by atoms with Crippen LogP contribution in [0.15, 0.2) is 47.3 Å². The number of rotatable bonds is 6. The maximum absolute atomic E-state index is 12.2. The lowest BCUT2D eigenvalue weighted by Gasteiger charge is -2.34. The topological polar surface area (TPSA) is 61.5 Å². The minimum absolute atomic E-state index is 0.0640. The molecule has 2 aromatic carbocycles. The van der Waals surface area contributed by atoms with Crippen molar-refractivity contribution < 1.29 is 4.74 Å². The second kappa shape index (κ2) is 8.95. The van der Waals surface area contributed by atoms with Gasteiger partial charge in [0.05, 0.1) is 18.0 Å². The van der Waals surface area contributed by atoms with Crippen molar-refractivity contribution in [3.63, 3.8) is 0 Å². The van der Waals surface area contributed by atoms with Gasteiger partial charge in [0.1, 0.15) is 11.6 Å². The molecule has 0 aliphatic carbocycles. The minimum Gasteiger partial charge on any atom is -0.496 e. The molecule has 4 rings (SSSR count). The Morgan fingerprint density at radius 2 is 1.86 bits per heavy atom. The Bertz CT molecular complexity index is 1040. The van der Waals surface area contributed by atoms with Crippen molar-refractivity contribution in [1.29, 1.82) is 0 Å². The van der Waals surface area contributed by atoms with Gasteiger partial charge in [-0.15, -0.1) is 0 Å². The molecule has 0 bridgehead atoms. The molecule has 2 heterocycles. The molecule has 1 aliphatic rings. The molecule has 152 valence electrons. The van der Waals surface area contributed by atoms with Crippen LogP contribution in [-0.2, 0) is 13.0 Å². The van der Waals surface area contributed by atoms with E-state index in [-0.39, 0.29) is 5.56 Å². The lowest BCUT2D eigenvalue weighted by molar-refractivity contribution is 0.127. The second-order valence-corrected chi connectivity index (χ2v) is 7.79. The fourth-order valence-corrected chi connectivity index (χ4v) is 3.99. The van der Waals surface area contributed by atoms with Gasteiger partial charge in [0.15, 0.2) is 0 Å². The Balaban J connectivity index is 1.32. The van der Waals surface area contributed by atoms with E-state index in [1.54, 1.807) is 13.2 Å². The van der Waals surface area contributed by atoms with Crippen LogP contribution in [0, 0.1) is 0 Å². The van der Waals surface area contributed by atoms with Crippen LogP contribution in [-0.4, -0.2) is 59.6 Å². The van der Waals surface area contributed by atoms with Crippen LogP contribution in [0.5, 0.6) is 5.75 Å². The summed E-state index contributed by atoms with van der Waals surface area (Å²) in [6.07, 6.45) is 0.738. The third-order valence-corrected chi connectivity index (χ3v) is 5.66. The molecule has 7 heteroatoms. The van der Waals surface area contributed by atoms with Crippen LogP contribution >= 0.6 is 11.6 Å². The molecule has 0 spiro atoms. The average Bonchev–Trinajstić information content (AvgIpc) is 2.73. The number of hydrogen-bond donors (Lipinski definition) is 1. The maximum atomic E-state index is 12.2. The Kier molecular flexibility index (Phi) is 6.13. The highest BCUT2D eigenvalue weighted by Gasteiger charge is 2.18. The van der Waals surface area contributed by atoms with E-state index in [1.807, 2.05) is 36.4 Å². The molecule has 3 aromatic rings. The summed E-state index contributed by atoms with van der Waals surface area (Å²) in [7, 11) is 1.69. The first-order chi connectivity index (χ1) is 14.1. The van der Waals surface area contributed by atoms with Crippen LogP contribution in [0.2, 0.25) is 5.02 Å². The predicted octanol–water partition coefficient (Wildman–Crippen LogP) is 2.95. The number of H-pyrrole nitrogens is 1. The number of nitrogens with zero attached hydrogens (tertiary/aromatic N) is 3. The van der Waals surface area contributed by atoms with Gasteiger partial charge in [-0.05, 0) is 30.3 Å². The van der Waals surface area contributed by atoms with E-state index in [1.165, 1.54) is 0 Å². The fraction of sp³-hybridized carbons (Fsp3) is 0.364. The third-order valence-electron chi connectivity index (χ3n) is 5.43. The predicted molar refractivity (Wildman–Crippen MR) is 116 cm³/mol. The van der Waals surface area contributed by atoms with Gasteiger partial charge >= 0.3 is 0 Å². The van der Waals surface area contributed by atoms with Gasteiger partial charge in [0.2, 0.25) is 0 Å². The molecule has 1 aliphatic heterocycles. The molecule has 0 unspecified atom stereocenters. The molecular formula is C22H25ClN4O2. The lowest BCUT2D eigenvalue weighted by Crippen LogP contribution is -2.46. The minimum atomic E-state index is -0.0640. The van der Waals surface area contributed by atoms with E-state index in [0.29, 0.717) is 5.39 Å². The Labute approximate surface area is 175 Å². The molecular weight excluding hydrogens is 388 g/mol. The fourth-order valence-electron chi connectivity index (χ4n) is 3.80. The number of hydrogen-bond acceptors (Lipinski definition) is 5. The number of benzene rings is 2. The van der Waals surface area contributed by atoms with Gasteiger partial charge in [0.25, 0.3) is 5.56 Å². The van der Waals surface area contributed by atoms with Crippen molar-refractivity contribution in [1.82, 2.24) is 19.8 Å². The number of fused-ring (bicyclic) bond motifs is 1. The molecule has 29 heavy (non-hydrogen) atoms. The van der Waals surface area contributed by atoms with Crippen LogP contribution < -0.4 is 10.3 Å². The summed E-state index contributed by atoms with van der Waals surface area (Å²) >= 11 is 6.15. The molecule has 0 atom stereocenters. The summed E-state index contributed by atoms with van der Waals surface area (Å²) in [6, 6.07) is 13.2. The van der Waals surface area contributed by atoms with Gasteiger partial charge in [-0.25, -0.2) is 4.98 Å². The van der Waals surface area contributed by atoms with Gasteiger partial charge in [-0.1, -0.05) is 23.7 Å². The molecule has 0 amide bonds. The standard InChI is InChI=1S/C22H25ClN4O2/c1-29-20-7-6-17(23)14-16(20)15-27-12-10-26(11-13-27)9-8-21-24-19-5-3-2-4-18(19)22(28)25-21/h2-7,14H,8-13,15H2,1H3,(H,24,25,28). The van der Waals surface area contributed by atoms with Crippen molar-refractivity contribution in [3.8, 4) is 5.75 Å². The number of methoxy groups -OCH3 is 1. The molecule has 1 fully saturated rings. The molecule has 0 radical (unpaired) electrons. The highest BCUT2D eigenvalue weighted by atomic mass is 35.5. The third kappa shape index (κ3) is 4.78. The number of nitrogens with one attached hydrogen (secondary N) is 1. The van der Waals surface area contributed by atoms with Crippen molar-refractivity contribution in [2.75, 3.05) is 39.8 Å². The van der Waals surface area contributed by atoms with Crippen LogP contribution in [0.25, 0.3) is 10.9 Å². The van der Waals surface area contributed by atoms with Crippen molar-refractivity contribution in [2.45, 2.75) is 13.0 Å². The van der Waals surface area contributed by atoms with E-state index < -0.39 is 0 Å². The monoisotopic (exact) mass is 412 g/mol. The zero-order valence-electron chi connectivity index (χ0n) is 16.5. The SMILES string of the molecule is COc1ccc(Cl)cc1CN1CCN(CCc2nc3ccccc3c(=O)[nH]2)CC1. The summed E-state index contributed by atoms with van der Waals surface area (Å²) in [6.45, 7) is 5.66.